The Morgan fingerprint density at radius 1 is 1.15 bits per heavy atom. The van der Waals surface area contributed by atoms with Crippen molar-refractivity contribution in [2.45, 2.75) is 43.4 Å². The number of nitrogens with zero attached hydrogens (tertiary/aromatic N) is 2. The smallest absolute Gasteiger partial charge is 0.234 e. The fraction of sp³-hybridized carbons (Fsp3) is 0.444. The molecule has 1 heterocycles. The number of carbonyl (C=O) groups excluding carboxylic acids is 2. The zero-order chi connectivity index (χ0) is 18.4. The van der Waals surface area contributed by atoms with Gasteiger partial charge in [-0.2, -0.15) is 0 Å². The predicted octanol–water partition coefficient (Wildman–Crippen LogP) is 4.10. The third kappa shape index (κ3) is 5.28. The van der Waals surface area contributed by atoms with Gasteiger partial charge in [-0.3, -0.25) is 9.59 Å². The SMILES string of the molecule is Cc1ccccc1NC(=O)CSc1nnc(NC(=O)C2CCCCC2)s1. The minimum atomic E-state index is -0.0905. The van der Waals surface area contributed by atoms with Crippen molar-refractivity contribution >= 4 is 45.7 Å². The van der Waals surface area contributed by atoms with Crippen molar-refractivity contribution in [3.8, 4) is 0 Å². The second-order valence-electron chi connectivity index (χ2n) is 6.35. The molecule has 3 rings (SSSR count). The molecule has 1 aliphatic rings. The monoisotopic (exact) mass is 390 g/mol. The van der Waals surface area contributed by atoms with E-state index in [1.165, 1.54) is 29.5 Å². The number of hydrogen-bond donors (Lipinski definition) is 2. The van der Waals surface area contributed by atoms with Gasteiger partial charge in [0, 0.05) is 11.6 Å². The first kappa shape index (κ1) is 18.8. The van der Waals surface area contributed by atoms with Crippen LogP contribution in [0.15, 0.2) is 28.6 Å². The minimum Gasteiger partial charge on any atom is -0.325 e. The first-order valence-electron chi connectivity index (χ1n) is 8.74. The zero-order valence-electron chi connectivity index (χ0n) is 14.7. The average Bonchev–Trinajstić information content (AvgIpc) is 3.10. The topological polar surface area (TPSA) is 84.0 Å². The molecule has 1 fully saturated rings. The van der Waals surface area contributed by atoms with Crippen LogP contribution in [0, 0.1) is 12.8 Å². The molecule has 0 saturated heterocycles. The highest BCUT2D eigenvalue weighted by Gasteiger charge is 2.22. The Morgan fingerprint density at radius 2 is 1.92 bits per heavy atom. The summed E-state index contributed by atoms with van der Waals surface area (Å²) >= 11 is 2.62. The van der Waals surface area contributed by atoms with E-state index in [0.717, 1.165) is 36.9 Å². The van der Waals surface area contributed by atoms with E-state index < -0.39 is 0 Å². The molecule has 0 spiro atoms. The summed E-state index contributed by atoms with van der Waals surface area (Å²) in [4.78, 5) is 24.3. The lowest BCUT2D eigenvalue weighted by atomic mass is 9.89. The number of thioether (sulfide) groups is 1. The number of aromatic nitrogens is 2. The van der Waals surface area contributed by atoms with Gasteiger partial charge in [0.2, 0.25) is 16.9 Å². The first-order valence-corrected chi connectivity index (χ1v) is 10.5. The second-order valence-corrected chi connectivity index (χ2v) is 8.55. The molecule has 6 nitrogen and oxygen atoms in total. The van der Waals surface area contributed by atoms with Crippen LogP contribution in [0.4, 0.5) is 10.8 Å². The number of aryl methyl sites for hydroxylation is 1. The molecule has 1 aromatic carbocycles. The van der Waals surface area contributed by atoms with E-state index in [2.05, 4.69) is 20.8 Å². The van der Waals surface area contributed by atoms with Crippen LogP contribution in [0.1, 0.15) is 37.7 Å². The third-order valence-corrected chi connectivity index (χ3v) is 6.33. The summed E-state index contributed by atoms with van der Waals surface area (Å²) < 4.78 is 0.670. The largest absolute Gasteiger partial charge is 0.325 e. The second kappa shape index (κ2) is 9.14. The summed E-state index contributed by atoms with van der Waals surface area (Å²) in [6.07, 6.45) is 5.35. The van der Waals surface area contributed by atoms with Crippen molar-refractivity contribution in [3.05, 3.63) is 29.8 Å². The Labute approximate surface area is 161 Å². The van der Waals surface area contributed by atoms with Crippen LogP contribution in [0.5, 0.6) is 0 Å². The van der Waals surface area contributed by atoms with Gasteiger partial charge < -0.3 is 10.6 Å². The number of anilines is 2. The van der Waals surface area contributed by atoms with Crippen molar-refractivity contribution in [2.24, 2.45) is 5.92 Å². The first-order chi connectivity index (χ1) is 12.6. The molecule has 1 aromatic heterocycles. The van der Waals surface area contributed by atoms with E-state index in [0.29, 0.717) is 9.47 Å². The van der Waals surface area contributed by atoms with Gasteiger partial charge in [-0.1, -0.05) is 60.6 Å². The summed E-state index contributed by atoms with van der Waals surface area (Å²) in [5, 5.41) is 14.3. The predicted molar refractivity (Wildman–Crippen MR) is 106 cm³/mol. The Hall–Kier alpha value is -1.93. The fourth-order valence-corrected chi connectivity index (χ4v) is 4.47. The molecule has 0 aliphatic heterocycles. The maximum atomic E-state index is 12.2. The van der Waals surface area contributed by atoms with Gasteiger partial charge in [-0.15, -0.1) is 10.2 Å². The lowest BCUT2D eigenvalue weighted by Crippen LogP contribution is -2.24. The minimum absolute atomic E-state index is 0.0368. The molecule has 2 aromatic rings. The molecule has 0 bridgehead atoms. The van der Waals surface area contributed by atoms with E-state index in [1.54, 1.807) is 0 Å². The molecule has 26 heavy (non-hydrogen) atoms. The molecule has 2 N–H and O–H groups in total. The van der Waals surface area contributed by atoms with Crippen molar-refractivity contribution in [2.75, 3.05) is 16.4 Å². The standard InChI is InChI=1S/C18H22N4O2S2/c1-12-7-5-6-10-14(12)19-15(23)11-25-18-22-21-17(26-18)20-16(24)13-8-3-2-4-9-13/h5-7,10,13H,2-4,8-9,11H2,1H3,(H,19,23)(H,20,21,24). The Bertz CT molecular complexity index is 772. The summed E-state index contributed by atoms with van der Waals surface area (Å²) in [6.45, 7) is 1.95. The molecule has 8 heteroatoms. The normalized spacial score (nSPS) is 14.8. The van der Waals surface area contributed by atoms with Gasteiger partial charge >= 0.3 is 0 Å². The van der Waals surface area contributed by atoms with Gasteiger partial charge in [0.15, 0.2) is 4.34 Å². The number of amides is 2. The van der Waals surface area contributed by atoms with E-state index in [1.807, 2.05) is 31.2 Å². The van der Waals surface area contributed by atoms with Crippen LogP contribution in [0.25, 0.3) is 0 Å². The van der Waals surface area contributed by atoms with Gasteiger partial charge in [0.1, 0.15) is 0 Å². The summed E-state index contributed by atoms with van der Waals surface area (Å²) in [7, 11) is 0. The molecule has 0 radical (unpaired) electrons. The zero-order valence-corrected chi connectivity index (χ0v) is 16.3. The molecule has 0 atom stereocenters. The number of nitrogens with one attached hydrogen (secondary N) is 2. The molecular weight excluding hydrogens is 368 g/mol. The molecule has 0 unspecified atom stereocenters. The maximum absolute atomic E-state index is 12.2. The number of rotatable bonds is 6. The average molecular weight is 391 g/mol. The third-order valence-electron chi connectivity index (χ3n) is 4.36. The van der Waals surface area contributed by atoms with Crippen molar-refractivity contribution in [3.63, 3.8) is 0 Å². The van der Waals surface area contributed by atoms with E-state index in [9.17, 15) is 9.59 Å². The lowest BCUT2D eigenvalue weighted by molar-refractivity contribution is -0.120. The molecule has 1 aliphatic carbocycles. The summed E-state index contributed by atoms with van der Waals surface area (Å²) in [5.41, 5.74) is 1.84. The molecule has 2 amide bonds. The highest BCUT2D eigenvalue weighted by atomic mass is 32.2. The van der Waals surface area contributed by atoms with E-state index in [-0.39, 0.29) is 23.5 Å². The molecular formula is C18H22N4O2S2. The summed E-state index contributed by atoms with van der Waals surface area (Å²) in [6, 6.07) is 7.66. The molecule has 138 valence electrons. The fourth-order valence-electron chi connectivity index (χ4n) is 2.92. The summed E-state index contributed by atoms with van der Waals surface area (Å²) in [5.74, 6) is 0.283. The quantitative estimate of drug-likeness (QED) is 0.573. The van der Waals surface area contributed by atoms with E-state index in [4.69, 9.17) is 0 Å². The van der Waals surface area contributed by atoms with Crippen molar-refractivity contribution in [1.82, 2.24) is 10.2 Å². The lowest BCUT2D eigenvalue weighted by Gasteiger charge is -2.19. The Balaban J connectivity index is 1.46. The number of carbonyl (C=O) groups is 2. The maximum Gasteiger partial charge on any atom is 0.234 e. The number of para-hydroxylation sites is 1. The number of hydrogen-bond acceptors (Lipinski definition) is 6. The molecule has 1 saturated carbocycles. The highest BCUT2D eigenvalue weighted by Crippen LogP contribution is 2.28. The van der Waals surface area contributed by atoms with E-state index >= 15 is 0 Å². The van der Waals surface area contributed by atoms with Gasteiger partial charge in [0.05, 0.1) is 5.75 Å². The van der Waals surface area contributed by atoms with Gasteiger partial charge in [-0.05, 0) is 31.4 Å². The van der Waals surface area contributed by atoms with Gasteiger partial charge in [0.25, 0.3) is 0 Å². The van der Waals surface area contributed by atoms with Crippen LogP contribution in [-0.2, 0) is 9.59 Å². The van der Waals surface area contributed by atoms with Crippen LogP contribution in [0.2, 0.25) is 0 Å². The van der Waals surface area contributed by atoms with Crippen LogP contribution < -0.4 is 10.6 Å². The van der Waals surface area contributed by atoms with Crippen LogP contribution in [-0.4, -0.2) is 27.8 Å². The van der Waals surface area contributed by atoms with Crippen LogP contribution >= 0.6 is 23.1 Å². The Kier molecular flexibility index (Phi) is 6.62. The van der Waals surface area contributed by atoms with Gasteiger partial charge in [-0.25, -0.2) is 0 Å². The Morgan fingerprint density at radius 3 is 2.69 bits per heavy atom. The van der Waals surface area contributed by atoms with Crippen LogP contribution in [0.3, 0.4) is 0 Å². The van der Waals surface area contributed by atoms with Crippen molar-refractivity contribution in [1.29, 1.82) is 0 Å². The van der Waals surface area contributed by atoms with Crippen molar-refractivity contribution < 1.29 is 9.59 Å². The number of benzene rings is 1. The highest BCUT2D eigenvalue weighted by molar-refractivity contribution is 8.01.